The molecule has 0 bridgehead atoms. The zero-order valence-corrected chi connectivity index (χ0v) is 10.0. The number of rotatable bonds is 3. The fraction of sp³-hybridized carbons (Fsp3) is 0.333. The summed E-state index contributed by atoms with van der Waals surface area (Å²) in [6.45, 7) is 2.15. The summed E-state index contributed by atoms with van der Waals surface area (Å²) in [6, 6.07) is 13.5. The lowest BCUT2D eigenvalue weighted by Gasteiger charge is -2.17. The summed E-state index contributed by atoms with van der Waals surface area (Å²) < 4.78 is 5.42. The van der Waals surface area contributed by atoms with E-state index in [-0.39, 0.29) is 6.04 Å². The van der Waals surface area contributed by atoms with Crippen molar-refractivity contribution >= 4 is 0 Å². The Bertz CT molecular complexity index is 464. The van der Waals surface area contributed by atoms with Gasteiger partial charge in [0, 0.05) is 6.04 Å². The van der Waals surface area contributed by atoms with Crippen LogP contribution in [0.2, 0.25) is 0 Å². The van der Waals surface area contributed by atoms with Crippen molar-refractivity contribution in [3.63, 3.8) is 0 Å². The summed E-state index contributed by atoms with van der Waals surface area (Å²) in [4.78, 5) is 0. The number of benzene rings is 1. The van der Waals surface area contributed by atoms with Gasteiger partial charge in [-0.3, -0.25) is 0 Å². The first-order valence-electron chi connectivity index (χ1n) is 6.19. The van der Waals surface area contributed by atoms with E-state index in [0.29, 0.717) is 6.04 Å². The second kappa shape index (κ2) is 4.38. The lowest BCUT2D eigenvalue weighted by molar-refractivity contribution is 0.392. The van der Waals surface area contributed by atoms with Gasteiger partial charge in [-0.2, -0.15) is 0 Å². The van der Waals surface area contributed by atoms with Crippen LogP contribution in [0.15, 0.2) is 47.1 Å². The number of furan rings is 1. The molecule has 0 saturated heterocycles. The Morgan fingerprint density at radius 3 is 2.41 bits per heavy atom. The fourth-order valence-electron chi connectivity index (χ4n) is 2.65. The minimum absolute atomic E-state index is 0.282. The molecule has 0 saturated carbocycles. The Morgan fingerprint density at radius 2 is 1.82 bits per heavy atom. The molecule has 2 aromatic rings. The Hall–Kier alpha value is -1.54. The van der Waals surface area contributed by atoms with Crippen LogP contribution in [0.3, 0.4) is 0 Å². The van der Waals surface area contributed by atoms with Gasteiger partial charge in [0.25, 0.3) is 0 Å². The van der Waals surface area contributed by atoms with Crippen molar-refractivity contribution in [2.45, 2.75) is 31.8 Å². The van der Waals surface area contributed by atoms with E-state index in [9.17, 15) is 0 Å². The third-order valence-corrected chi connectivity index (χ3v) is 3.51. The molecule has 88 valence electrons. The van der Waals surface area contributed by atoms with Crippen LogP contribution >= 0.6 is 0 Å². The zero-order chi connectivity index (χ0) is 11.7. The van der Waals surface area contributed by atoms with Crippen LogP contribution in [-0.4, -0.2) is 6.04 Å². The average Bonchev–Trinajstić information content (AvgIpc) is 2.97. The highest BCUT2D eigenvalue weighted by Crippen LogP contribution is 2.24. The van der Waals surface area contributed by atoms with E-state index in [4.69, 9.17) is 4.42 Å². The highest BCUT2D eigenvalue weighted by atomic mass is 16.3. The molecule has 0 spiro atoms. The van der Waals surface area contributed by atoms with Gasteiger partial charge in [-0.05, 0) is 43.0 Å². The number of hydrogen-bond acceptors (Lipinski definition) is 2. The second-order valence-corrected chi connectivity index (χ2v) is 4.78. The number of nitrogens with one attached hydrogen (secondary N) is 1. The van der Waals surface area contributed by atoms with E-state index < -0.39 is 0 Å². The summed E-state index contributed by atoms with van der Waals surface area (Å²) in [5.74, 6) is 1.01. The van der Waals surface area contributed by atoms with Crippen molar-refractivity contribution in [1.82, 2.24) is 5.32 Å². The van der Waals surface area contributed by atoms with Crippen LogP contribution in [0.5, 0.6) is 0 Å². The molecule has 1 aliphatic rings. The standard InChI is InChI=1S/C15H17NO/c1-11(15-7-4-8-17-15)16-14-9-12-5-2-3-6-13(12)10-14/h2-8,11,14,16H,9-10H2,1H3/t11-/m1/s1. The first-order chi connectivity index (χ1) is 8.33. The van der Waals surface area contributed by atoms with Gasteiger partial charge < -0.3 is 9.73 Å². The molecule has 2 nitrogen and oxygen atoms in total. The minimum Gasteiger partial charge on any atom is -0.468 e. The maximum Gasteiger partial charge on any atom is 0.120 e. The van der Waals surface area contributed by atoms with E-state index >= 15 is 0 Å². The highest BCUT2D eigenvalue weighted by molar-refractivity contribution is 5.33. The first-order valence-corrected chi connectivity index (χ1v) is 6.19. The fourth-order valence-corrected chi connectivity index (χ4v) is 2.65. The largest absolute Gasteiger partial charge is 0.468 e. The molecule has 17 heavy (non-hydrogen) atoms. The van der Waals surface area contributed by atoms with E-state index in [1.165, 1.54) is 11.1 Å². The lowest BCUT2D eigenvalue weighted by atomic mass is 10.1. The van der Waals surface area contributed by atoms with Gasteiger partial charge in [0.05, 0.1) is 12.3 Å². The third-order valence-electron chi connectivity index (χ3n) is 3.51. The zero-order valence-electron chi connectivity index (χ0n) is 10.0. The summed E-state index contributed by atoms with van der Waals surface area (Å²) in [5, 5.41) is 3.63. The molecular weight excluding hydrogens is 210 g/mol. The SMILES string of the molecule is C[C@@H](NC1Cc2ccccc2C1)c1ccco1. The van der Waals surface area contributed by atoms with Crippen molar-refractivity contribution in [2.24, 2.45) is 0 Å². The Labute approximate surface area is 102 Å². The molecule has 0 fully saturated rings. The van der Waals surface area contributed by atoms with Gasteiger partial charge >= 0.3 is 0 Å². The van der Waals surface area contributed by atoms with Gasteiger partial charge in [-0.25, -0.2) is 0 Å². The molecule has 0 unspecified atom stereocenters. The maximum atomic E-state index is 5.42. The monoisotopic (exact) mass is 227 g/mol. The minimum atomic E-state index is 0.282. The normalized spacial score (nSPS) is 17.0. The summed E-state index contributed by atoms with van der Waals surface area (Å²) in [7, 11) is 0. The molecule has 0 radical (unpaired) electrons. The second-order valence-electron chi connectivity index (χ2n) is 4.78. The van der Waals surface area contributed by atoms with Crippen LogP contribution in [-0.2, 0) is 12.8 Å². The van der Waals surface area contributed by atoms with Gasteiger partial charge in [0.15, 0.2) is 0 Å². The molecule has 1 aromatic carbocycles. The molecule has 1 aromatic heterocycles. The Morgan fingerprint density at radius 1 is 1.12 bits per heavy atom. The van der Waals surface area contributed by atoms with Gasteiger partial charge in [0.2, 0.25) is 0 Å². The molecule has 2 heteroatoms. The molecular formula is C15H17NO. The predicted molar refractivity (Wildman–Crippen MR) is 67.9 cm³/mol. The van der Waals surface area contributed by atoms with E-state index in [0.717, 1.165) is 18.6 Å². The Balaban J connectivity index is 1.66. The van der Waals surface area contributed by atoms with E-state index in [2.05, 4.69) is 36.5 Å². The van der Waals surface area contributed by atoms with E-state index in [1.807, 2.05) is 12.1 Å². The molecule has 3 rings (SSSR count). The highest BCUT2D eigenvalue weighted by Gasteiger charge is 2.22. The number of fused-ring (bicyclic) bond motifs is 1. The topological polar surface area (TPSA) is 25.2 Å². The van der Waals surface area contributed by atoms with Crippen LogP contribution in [0, 0.1) is 0 Å². The molecule has 1 heterocycles. The van der Waals surface area contributed by atoms with Crippen molar-refractivity contribution < 1.29 is 4.42 Å². The third kappa shape index (κ3) is 2.13. The average molecular weight is 227 g/mol. The summed E-state index contributed by atoms with van der Waals surface area (Å²) in [6.07, 6.45) is 3.99. The molecule has 0 aliphatic heterocycles. The number of hydrogen-bond donors (Lipinski definition) is 1. The molecule has 1 atom stereocenters. The smallest absolute Gasteiger partial charge is 0.120 e. The van der Waals surface area contributed by atoms with Crippen LogP contribution < -0.4 is 5.32 Å². The van der Waals surface area contributed by atoms with Crippen LogP contribution in [0.25, 0.3) is 0 Å². The maximum absolute atomic E-state index is 5.42. The van der Waals surface area contributed by atoms with Crippen LogP contribution in [0.1, 0.15) is 29.9 Å². The predicted octanol–water partition coefficient (Wildman–Crippen LogP) is 3.10. The van der Waals surface area contributed by atoms with Crippen molar-refractivity contribution in [1.29, 1.82) is 0 Å². The van der Waals surface area contributed by atoms with Crippen molar-refractivity contribution in [3.8, 4) is 0 Å². The molecule has 1 aliphatic carbocycles. The van der Waals surface area contributed by atoms with Gasteiger partial charge in [0.1, 0.15) is 5.76 Å². The van der Waals surface area contributed by atoms with Gasteiger partial charge in [-0.1, -0.05) is 24.3 Å². The molecule has 1 N–H and O–H groups in total. The van der Waals surface area contributed by atoms with Crippen LogP contribution in [0.4, 0.5) is 0 Å². The van der Waals surface area contributed by atoms with Crippen molar-refractivity contribution in [2.75, 3.05) is 0 Å². The van der Waals surface area contributed by atoms with Gasteiger partial charge in [-0.15, -0.1) is 0 Å². The van der Waals surface area contributed by atoms with Crippen molar-refractivity contribution in [3.05, 3.63) is 59.5 Å². The molecule has 0 amide bonds. The summed E-state index contributed by atoms with van der Waals surface area (Å²) in [5.41, 5.74) is 2.97. The lowest BCUT2D eigenvalue weighted by Crippen LogP contribution is -2.31. The quantitative estimate of drug-likeness (QED) is 0.871. The first kappa shape index (κ1) is 10.6. The van der Waals surface area contributed by atoms with E-state index in [1.54, 1.807) is 6.26 Å². The summed E-state index contributed by atoms with van der Waals surface area (Å²) >= 11 is 0. The Kier molecular flexibility index (Phi) is 2.73.